The summed E-state index contributed by atoms with van der Waals surface area (Å²) in [7, 11) is 1.36. The predicted octanol–water partition coefficient (Wildman–Crippen LogP) is 2.73. The zero-order valence-electron chi connectivity index (χ0n) is 12.7. The molecule has 0 saturated carbocycles. The summed E-state index contributed by atoms with van der Waals surface area (Å²) in [5, 5.41) is 20.4. The maximum Gasteiger partial charge on any atom is 0.190 e. The van der Waals surface area contributed by atoms with Crippen LogP contribution >= 0.6 is 0 Å². The average Bonchev–Trinajstić information content (AvgIpc) is 2.47. The number of hydrogen-bond donors (Lipinski definition) is 2. The second-order valence-corrected chi connectivity index (χ2v) is 5.36. The highest BCUT2D eigenvalue weighted by atomic mass is 16.5. The second-order valence-electron chi connectivity index (χ2n) is 5.36. The summed E-state index contributed by atoms with van der Waals surface area (Å²) in [5.74, 6) is -1.09. The molecule has 5 nitrogen and oxygen atoms in total. The molecule has 0 aromatic heterocycles. The number of phenolic OH excluding ortho intramolecular Hbond substituents is 1. The number of ketones is 2. The first-order chi connectivity index (χ1) is 10.4. The zero-order chi connectivity index (χ0) is 16.4. The van der Waals surface area contributed by atoms with Crippen LogP contribution in [0, 0.1) is 0 Å². The van der Waals surface area contributed by atoms with Crippen LogP contribution in [0.4, 0.5) is 0 Å². The SMILES string of the molecule is COc1c([C@H](O)CC=C(C)C)cc(O)c2c1C(=O)C=CC2=O. The van der Waals surface area contributed by atoms with Gasteiger partial charge in [0.25, 0.3) is 0 Å². The van der Waals surface area contributed by atoms with Crippen LogP contribution < -0.4 is 4.74 Å². The second kappa shape index (κ2) is 6.15. The smallest absolute Gasteiger partial charge is 0.190 e. The van der Waals surface area contributed by atoms with Gasteiger partial charge in [-0.25, -0.2) is 0 Å². The van der Waals surface area contributed by atoms with E-state index in [1.165, 1.54) is 13.2 Å². The fraction of sp³-hybridized carbons (Fsp3) is 0.294. The number of fused-ring (bicyclic) bond motifs is 1. The summed E-state index contributed by atoms with van der Waals surface area (Å²) in [6, 6.07) is 1.28. The number of carbonyl (C=O) groups is 2. The highest BCUT2D eigenvalue weighted by molar-refractivity contribution is 6.24. The third-order valence-corrected chi connectivity index (χ3v) is 3.48. The molecule has 0 fully saturated rings. The van der Waals surface area contributed by atoms with Crippen LogP contribution in [0.2, 0.25) is 0 Å². The standard InChI is InChI=1S/C17H18O5/c1-9(2)4-5-11(18)10-8-14(21)15-12(19)6-7-13(20)16(15)17(10)22-3/h4,6-8,11,18,21H,5H2,1-3H3/t11-/m1/s1. The number of aliphatic hydroxyl groups is 1. The number of phenols is 1. The molecule has 0 saturated heterocycles. The number of aliphatic hydroxyl groups excluding tert-OH is 1. The fourth-order valence-corrected chi connectivity index (χ4v) is 2.42. The van der Waals surface area contributed by atoms with E-state index >= 15 is 0 Å². The molecule has 5 heteroatoms. The maximum absolute atomic E-state index is 12.1. The molecular formula is C17H18O5. The molecule has 0 spiro atoms. The lowest BCUT2D eigenvalue weighted by Crippen LogP contribution is -2.15. The van der Waals surface area contributed by atoms with Crippen LogP contribution in [-0.2, 0) is 0 Å². The van der Waals surface area contributed by atoms with Gasteiger partial charge in [0, 0.05) is 5.56 Å². The van der Waals surface area contributed by atoms with Gasteiger partial charge < -0.3 is 14.9 Å². The van der Waals surface area contributed by atoms with E-state index in [9.17, 15) is 19.8 Å². The molecule has 0 unspecified atom stereocenters. The van der Waals surface area contributed by atoms with Crippen molar-refractivity contribution in [3.8, 4) is 11.5 Å². The Bertz CT molecular complexity index is 693. The van der Waals surface area contributed by atoms with Crippen molar-refractivity contribution in [2.75, 3.05) is 7.11 Å². The lowest BCUT2D eigenvalue weighted by atomic mass is 9.89. The van der Waals surface area contributed by atoms with Gasteiger partial charge >= 0.3 is 0 Å². The Hall–Kier alpha value is -2.40. The van der Waals surface area contributed by atoms with Gasteiger partial charge in [0.05, 0.1) is 24.3 Å². The molecule has 0 heterocycles. The van der Waals surface area contributed by atoms with Crippen LogP contribution in [0.25, 0.3) is 0 Å². The van der Waals surface area contributed by atoms with Crippen LogP contribution in [0.15, 0.2) is 29.9 Å². The van der Waals surface area contributed by atoms with E-state index in [-0.39, 0.29) is 28.2 Å². The monoisotopic (exact) mass is 302 g/mol. The first-order valence-corrected chi connectivity index (χ1v) is 6.88. The molecule has 2 N–H and O–H groups in total. The minimum absolute atomic E-state index is 0.00116. The Morgan fingerprint density at radius 2 is 1.82 bits per heavy atom. The van der Waals surface area contributed by atoms with E-state index in [0.717, 1.165) is 17.7 Å². The molecule has 1 aliphatic rings. The van der Waals surface area contributed by atoms with Crippen molar-refractivity contribution in [2.24, 2.45) is 0 Å². The van der Waals surface area contributed by atoms with E-state index < -0.39 is 17.7 Å². The summed E-state index contributed by atoms with van der Waals surface area (Å²) >= 11 is 0. The molecule has 0 aliphatic heterocycles. The lowest BCUT2D eigenvalue weighted by molar-refractivity contribution is 0.0987. The zero-order valence-corrected chi connectivity index (χ0v) is 12.7. The first-order valence-electron chi connectivity index (χ1n) is 6.88. The maximum atomic E-state index is 12.1. The highest BCUT2D eigenvalue weighted by Gasteiger charge is 2.30. The molecule has 1 aromatic rings. The highest BCUT2D eigenvalue weighted by Crippen LogP contribution is 2.40. The average molecular weight is 302 g/mol. The molecule has 0 bridgehead atoms. The number of ether oxygens (including phenoxy) is 1. The van der Waals surface area contributed by atoms with Gasteiger partial charge in [0.15, 0.2) is 11.6 Å². The minimum Gasteiger partial charge on any atom is -0.507 e. The lowest BCUT2D eigenvalue weighted by Gasteiger charge is -2.20. The number of benzene rings is 1. The van der Waals surface area contributed by atoms with Crippen LogP contribution in [0.5, 0.6) is 11.5 Å². The summed E-state index contributed by atoms with van der Waals surface area (Å²) in [5.41, 5.74) is 1.24. The number of methoxy groups -OCH3 is 1. The molecule has 2 rings (SSSR count). The molecule has 0 radical (unpaired) electrons. The van der Waals surface area contributed by atoms with E-state index in [1.54, 1.807) is 0 Å². The van der Waals surface area contributed by atoms with Crippen LogP contribution in [0.1, 0.15) is 52.7 Å². The molecule has 1 aliphatic carbocycles. The number of hydrogen-bond acceptors (Lipinski definition) is 5. The number of aromatic hydroxyl groups is 1. The van der Waals surface area contributed by atoms with Gasteiger partial charge in [-0.2, -0.15) is 0 Å². The Kier molecular flexibility index (Phi) is 4.47. The van der Waals surface area contributed by atoms with Crippen molar-refractivity contribution in [1.29, 1.82) is 0 Å². The summed E-state index contributed by atoms with van der Waals surface area (Å²) < 4.78 is 5.25. The van der Waals surface area contributed by atoms with Crippen LogP contribution in [-0.4, -0.2) is 28.9 Å². The molecule has 1 aromatic carbocycles. The van der Waals surface area contributed by atoms with Crippen molar-refractivity contribution in [2.45, 2.75) is 26.4 Å². The number of rotatable bonds is 4. The molecular weight excluding hydrogens is 284 g/mol. The van der Waals surface area contributed by atoms with Crippen molar-refractivity contribution in [3.05, 3.63) is 46.6 Å². The Balaban J connectivity index is 2.61. The van der Waals surface area contributed by atoms with E-state index in [0.29, 0.717) is 6.42 Å². The van der Waals surface area contributed by atoms with Crippen molar-refractivity contribution >= 4 is 11.6 Å². The third-order valence-electron chi connectivity index (χ3n) is 3.48. The Labute approximate surface area is 128 Å². The third kappa shape index (κ3) is 2.80. The van der Waals surface area contributed by atoms with Gasteiger partial charge in [0.2, 0.25) is 0 Å². The molecule has 0 amide bonds. The minimum atomic E-state index is -0.949. The van der Waals surface area contributed by atoms with E-state index in [2.05, 4.69) is 0 Å². The number of carbonyl (C=O) groups excluding carboxylic acids is 2. The van der Waals surface area contributed by atoms with Gasteiger partial charge in [-0.3, -0.25) is 9.59 Å². The molecule has 22 heavy (non-hydrogen) atoms. The summed E-state index contributed by atoms with van der Waals surface area (Å²) in [6.45, 7) is 3.81. The van der Waals surface area contributed by atoms with Gasteiger partial charge in [-0.15, -0.1) is 0 Å². The predicted molar refractivity (Wildman–Crippen MR) is 81.5 cm³/mol. The van der Waals surface area contributed by atoms with Gasteiger partial charge in [-0.1, -0.05) is 11.6 Å². The molecule has 116 valence electrons. The van der Waals surface area contributed by atoms with Crippen molar-refractivity contribution in [1.82, 2.24) is 0 Å². The fourth-order valence-electron chi connectivity index (χ4n) is 2.42. The van der Waals surface area contributed by atoms with E-state index in [4.69, 9.17) is 4.74 Å². The first kappa shape index (κ1) is 16.0. The van der Waals surface area contributed by atoms with Crippen LogP contribution in [0.3, 0.4) is 0 Å². The molecule has 1 atom stereocenters. The Morgan fingerprint density at radius 3 is 2.36 bits per heavy atom. The number of allylic oxidation sites excluding steroid dienone is 3. The van der Waals surface area contributed by atoms with E-state index in [1.807, 2.05) is 19.9 Å². The Morgan fingerprint density at radius 1 is 1.23 bits per heavy atom. The quantitative estimate of drug-likeness (QED) is 0.835. The largest absolute Gasteiger partial charge is 0.507 e. The van der Waals surface area contributed by atoms with Gasteiger partial charge in [-0.05, 0) is 38.5 Å². The van der Waals surface area contributed by atoms with Crippen molar-refractivity contribution < 1.29 is 24.5 Å². The van der Waals surface area contributed by atoms with Gasteiger partial charge in [0.1, 0.15) is 11.5 Å². The van der Waals surface area contributed by atoms with Crippen molar-refractivity contribution in [3.63, 3.8) is 0 Å². The summed E-state index contributed by atoms with van der Waals surface area (Å²) in [6.07, 6.45) is 3.46. The topological polar surface area (TPSA) is 83.8 Å². The summed E-state index contributed by atoms with van der Waals surface area (Å²) in [4.78, 5) is 24.0. The normalized spacial score (nSPS) is 14.5.